The Kier molecular flexibility index (Phi) is 7.13. The summed E-state index contributed by atoms with van der Waals surface area (Å²) in [5.41, 5.74) is 10.9. The highest BCUT2D eigenvalue weighted by molar-refractivity contribution is 6.25. The standard InChI is InChI=1S/C52H30N4O2/c1-3-13-31(14-4-1)47-42-28-27-40-39-22-12-21-36(48(39)58-49(40)46(42)41-20-7-9-23-43(41)53-47)33-17-11-18-34(29-33)51-54-50(32-15-5-2-6-16-32)55-52(56-51)35-25-26-38-37-19-8-10-24-44(37)57-45(38)30-35/h1-30H. The molecule has 0 amide bonds. The van der Waals surface area contributed by atoms with E-state index >= 15 is 0 Å². The van der Waals surface area contributed by atoms with E-state index in [-0.39, 0.29) is 0 Å². The Bertz CT molecular complexity index is 3570. The number of pyridine rings is 1. The van der Waals surface area contributed by atoms with Crippen LogP contribution >= 0.6 is 0 Å². The van der Waals surface area contributed by atoms with Crippen LogP contribution in [-0.4, -0.2) is 19.9 Å². The minimum absolute atomic E-state index is 0.569. The number of hydrogen-bond donors (Lipinski definition) is 0. The first-order chi connectivity index (χ1) is 28.7. The van der Waals surface area contributed by atoms with E-state index in [2.05, 4.69) is 115 Å². The first-order valence-electron chi connectivity index (χ1n) is 19.3. The molecule has 0 aliphatic heterocycles. The van der Waals surface area contributed by atoms with Crippen molar-refractivity contribution in [2.24, 2.45) is 0 Å². The molecule has 0 saturated carbocycles. The van der Waals surface area contributed by atoms with Crippen molar-refractivity contribution in [1.29, 1.82) is 0 Å². The maximum absolute atomic E-state index is 7.03. The predicted octanol–water partition coefficient (Wildman–Crippen LogP) is 13.7. The van der Waals surface area contributed by atoms with E-state index in [9.17, 15) is 0 Å². The number of nitrogens with zero attached hydrogens (tertiary/aromatic N) is 4. The van der Waals surface area contributed by atoms with Crippen LogP contribution in [0.3, 0.4) is 0 Å². The third-order valence-corrected chi connectivity index (χ3v) is 11.1. The summed E-state index contributed by atoms with van der Waals surface area (Å²) in [6, 6.07) is 62.1. The van der Waals surface area contributed by atoms with Crippen LogP contribution in [0.4, 0.5) is 0 Å². The largest absolute Gasteiger partial charge is 0.456 e. The monoisotopic (exact) mass is 742 g/mol. The minimum atomic E-state index is 0.569. The molecule has 0 aliphatic carbocycles. The van der Waals surface area contributed by atoms with E-state index in [1.165, 1.54) is 0 Å². The van der Waals surface area contributed by atoms with Gasteiger partial charge < -0.3 is 8.83 Å². The van der Waals surface area contributed by atoms with Gasteiger partial charge in [-0.25, -0.2) is 19.9 Å². The summed E-state index contributed by atoms with van der Waals surface area (Å²) in [7, 11) is 0. The quantitative estimate of drug-likeness (QED) is 0.163. The van der Waals surface area contributed by atoms with Crippen LogP contribution < -0.4 is 0 Å². The molecule has 0 N–H and O–H groups in total. The predicted molar refractivity (Wildman–Crippen MR) is 234 cm³/mol. The average molecular weight is 743 g/mol. The van der Waals surface area contributed by atoms with Gasteiger partial charge in [0.25, 0.3) is 0 Å². The number of para-hydroxylation sites is 3. The van der Waals surface area contributed by atoms with Crippen LogP contribution in [0.15, 0.2) is 191 Å². The smallest absolute Gasteiger partial charge is 0.164 e. The Hall–Kier alpha value is -7.96. The second kappa shape index (κ2) is 12.8. The zero-order valence-corrected chi connectivity index (χ0v) is 30.9. The number of hydrogen-bond acceptors (Lipinski definition) is 6. The lowest BCUT2D eigenvalue weighted by molar-refractivity contribution is 0.669. The van der Waals surface area contributed by atoms with Crippen molar-refractivity contribution in [3.63, 3.8) is 0 Å². The number of furan rings is 2. The van der Waals surface area contributed by atoms with Gasteiger partial charge in [0.05, 0.1) is 11.2 Å². The van der Waals surface area contributed by atoms with Crippen LogP contribution in [0.5, 0.6) is 0 Å². The Balaban J connectivity index is 1.03. The normalized spacial score (nSPS) is 11.8. The van der Waals surface area contributed by atoms with Crippen molar-refractivity contribution < 1.29 is 8.83 Å². The molecule has 0 saturated heterocycles. The van der Waals surface area contributed by atoms with Crippen LogP contribution in [0.25, 0.3) is 122 Å². The SMILES string of the molecule is c1ccc(-c2nc(-c3cccc(-c4cccc5c4oc4c5ccc5c(-c6ccccc6)nc6ccccc6c54)c3)nc(-c3ccc4c(c3)oc3ccccc34)n2)cc1. The molecule has 4 heterocycles. The van der Waals surface area contributed by atoms with Crippen molar-refractivity contribution in [3.8, 4) is 56.5 Å². The van der Waals surface area contributed by atoms with Crippen molar-refractivity contribution >= 4 is 65.6 Å². The summed E-state index contributed by atoms with van der Waals surface area (Å²) in [5.74, 6) is 1.74. The maximum atomic E-state index is 7.03. The zero-order chi connectivity index (χ0) is 38.2. The molecule has 0 aliphatic rings. The molecular formula is C52H30N4O2. The topological polar surface area (TPSA) is 77.8 Å². The highest BCUT2D eigenvalue weighted by Crippen LogP contribution is 2.43. The fourth-order valence-electron chi connectivity index (χ4n) is 8.37. The summed E-state index contributed by atoms with van der Waals surface area (Å²) >= 11 is 0. The van der Waals surface area contributed by atoms with Gasteiger partial charge >= 0.3 is 0 Å². The summed E-state index contributed by atoms with van der Waals surface area (Å²) in [6.45, 7) is 0. The molecule has 0 unspecified atom stereocenters. The van der Waals surface area contributed by atoms with Gasteiger partial charge in [-0.3, -0.25) is 0 Å². The summed E-state index contributed by atoms with van der Waals surface area (Å²) < 4.78 is 13.3. The van der Waals surface area contributed by atoms with Crippen molar-refractivity contribution in [3.05, 3.63) is 182 Å². The first kappa shape index (κ1) is 32.3. The number of aromatic nitrogens is 4. The molecule has 0 radical (unpaired) electrons. The average Bonchev–Trinajstić information content (AvgIpc) is 3.87. The van der Waals surface area contributed by atoms with E-state index < -0.39 is 0 Å². The molecule has 6 heteroatoms. The highest BCUT2D eigenvalue weighted by Gasteiger charge is 2.20. The van der Waals surface area contributed by atoms with Gasteiger partial charge in [0.1, 0.15) is 22.3 Å². The Morgan fingerprint density at radius 1 is 0.310 bits per heavy atom. The van der Waals surface area contributed by atoms with Gasteiger partial charge in [-0.05, 0) is 42.0 Å². The minimum Gasteiger partial charge on any atom is -0.456 e. The van der Waals surface area contributed by atoms with Gasteiger partial charge in [-0.2, -0.15) is 0 Å². The molecule has 270 valence electrons. The summed E-state index contributed by atoms with van der Waals surface area (Å²) in [5, 5.41) is 7.42. The van der Waals surface area contributed by atoms with Gasteiger partial charge in [-0.15, -0.1) is 0 Å². The molecule has 12 aromatic rings. The second-order valence-corrected chi connectivity index (χ2v) is 14.6. The fraction of sp³-hybridized carbons (Fsp3) is 0. The molecule has 0 fully saturated rings. The molecule has 0 spiro atoms. The lowest BCUT2D eigenvalue weighted by atomic mass is 9.97. The van der Waals surface area contributed by atoms with Crippen LogP contribution in [0.2, 0.25) is 0 Å². The van der Waals surface area contributed by atoms with E-state index in [0.29, 0.717) is 17.5 Å². The van der Waals surface area contributed by atoms with Gasteiger partial charge in [0, 0.05) is 65.5 Å². The lowest BCUT2D eigenvalue weighted by Gasteiger charge is -2.10. The Morgan fingerprint density at radius 3 is 1.71 bits per heavy atom. The molecule has 12 rings (SSSR count). The Labute approximate surface area is 331 Å². The first-order valence-corrected chi connectivity index (χ1v) is 19.3. The third-order valence-electron chi connectivity index (χ3n) is 11.1. The highest BCUT2D eigenvalue weighted by atomic mass is 16.3. The summed E-state index contributed by atoms with van der Waals surface area (Å²) in [6.07, 6.45) is 0. The van der Waals surface area contributed by atoms with Crippen LogP contribution in [0.1, 0.15) is 0 Å². The van der Waals surface area contributed by atoms with Gasteiger partial charge in [-0.1, -0.05) is 146 Å². The Morgan fingerprint density at radius 2 is 0.879 bits per heavy atom. The van der Waals surface area contributed by atoms with Crippen molar-refractivity contribution in [1.82, 2.24) is 19.9 Å². The molecular weight excluding hydrogens is 713 g/mol. The fourth-order valence-corrected chi connectivity index (χ4v) is 8.37. The zero-order valence-electron chi connectivity index (χ0n) is 30.9. The van der Waals surface area contributed by atoms with Crippen LogP contribution in [-0.2, 0) is 0 Å². The van der Waals surface area contributed by atoms with Gasteiger partial charge in [0.2, 0.25) is 0 Å². The van der Waals surface area contributed by atoms with E-state index in [1.807, 2.05) is 66.7 Å². The molecule has 6 nitrogen and oxygen atoms in total. The third kappa shape index (κ3) is 5.12. The van der Waals surface area contributed by atoms with Crippen molar-refractivity contribution in [2.75, 3.05) is 0 Å². The molecule has 58 heavy (non-hydrogen) atoms. The molecule has 0 atom stereocenters. The number of benzene rings is 8. The maximum Gasteiger partial charge on any atom is 0.164 e. The van der Waals surface area contributed by atoms with Gasteiger partial charge in [0.15, 0.2) is 17.5 Å². The lowest BCUT2D eigenvalue weighted by Crippen LogP contribution is -2.00. The number of rotatable bonds is 5. The molecule has 0 bridgehead atoms. The van der Waals surface area contributed by atoms with E-state index in [0.717, 1.165) is 105 Å². The number of fused-ring (bicyclic) bond motifs is 10. The summed E-state index contributed by atoms with van der Waals surface area (Å²) in [4.78, 5) is 20.3. The van der Waals surface area contributed by atoms with Crippen molar-refractivity contribution in [2.45, 2.75) is 0 Å². The van der Waals surface area contributed by atoms with E-state index in [1.54, 1.807) is 0 Å². The molecule has 8 aromatic carbocycles. The molecule has 4 aromatic heterocycles. The van der Waals surface area contributed by atoms with E-state index in [4.69, 9.17) is 28.8 Å². The second-order valence-electron chi connectivity index (χ2n) is 14.6. The van der Waals surface area contributed by atoms with Crippen LogP contribution in [0, 0.1) is 0 Å².